The highest BCUT2D eigenvalue weighted by molar-refractivity contribution is 9.24. The third-order valence-electron chi connectivity index (χ3n) is 3.16. The van der Waals surface area contributed by atoms with Gasteiger partial charge in [0, 0.05) is 30.9 Å². The molecule has 20 heavy (non-hydrogen) atoms. The van der Waals surface area contributed by atoms with Gasteiger partial charge in [0.25, 0.3) is 0 Å². The average Bonchev–Trinajstić information content (AvgIpc) is 2.55. The van der Waals surface area contributed by atoms with Gasteiger partial charge in [-0.1, -0.05) is 51.5 Å². The molecule has 7 heteroatoms. The molecule has 2 heterocycles. The molecule has 1 aromatic heterocycles. The fraction of sp³-hybridized carbons (Fsp3) is 0.615. The maximum Gasteiger partial charge on any atom is 0.136 e. The van der Waals surface area contributed by atoms with Crippen molar-refractivity contribution in [1.82, 2.24) is 4.98 Å². The van der Waals surface area contributed by atoms with Gasteiger partial charge in [-0.25, -0.2) is 4.98 Å². The summed E-state index contributed by atoms with van der Waals surface area (Å²) in [5, 5.41) is 0. The first-order valence-electron chi connectivity index (χ1n) is 6.56. The summed E-state index contributed by atoms with van der Waals surface area (Å²) in [5.74, 6) is 0.981. The maximum absolute atomic E-state index is 5.84. The van der Waals surface area contributed by atoms with Crippen LogP contribution in [0.2, 0.25) is 25.7 Å². The first-order chi connectivity index (χ1) is 9.19. The van der Waals surface area contributed by atoms with Crippen LogP contribution in [0.3, 0.4) is 0 Å². The van der Waals surface area contributed by atoms with Crippen LogP contribution in [0.15, 0.2) is 16.7 Å². The van der Waals surface area contributed by atoms with Gasteiger partial charge in [0.1, 0.15) is 15.8 Å². The van der Waals surface area contributed by atoms with Crippen molar-refractivity contribution in [2.75, 3.05) is 24.8 Å². The Bertz CT molecular complexity index is 491. The van der Waals surface area contributed by atoms with E-state index in [2.05, 4.69) is 83.4 Å². The molecule has 0 atom stereocenters. The Hall–Kier alpha value is 0.567. The Morgan fingerprint density at radius 3 is 2.75 bits per heavy atom. The molecule has 112 valence electrons. The number of aromatic nitrogens is 1. The van der Waals surface area contributed by atoms with Crippen LogP contribution in [0, 0.1) is 0 Å². The predicted molar refractivity (Wildman–Crippen MR) is 97.8 cm³/mol. The third-order valence-corrected chi connectivity index (χ3v) is 6.65. The van der Waals surface area contributed by atoms with Crippen molar-refractivity contribution in [3.8, 4) is 0 Å². The molecule has 0 aromatic carbocycles. The number of rotatable bonds is 5. The van der Waals surface area contributed by atoms with E-state index in [1.165, 1.54) is 6.04 Å². The Morgan fingerprint density at radius 1 is 1.40 bits per heavy atom. The van der Waals surface area contributed by atoms with Gasteiger partial charge in [-0.05, 0) is 28.0 Å². The van der Waals surface area contributed by atoms with Gasteiger partial charge < -0.3 is 9.64 Å². The molecule has 0 N–H and O–H groups in total. The number of ether oxygens (including phenoxy) is 1. The molecule has 0 bridgehead atoms. The second-order valence-corrected chi connectivity index (χ2v) is 16.6. The fourth-order valence-corrected chi connectivity index (χ4v) is 4.29. The van der Waals surface area contributed by atoms with Crippen molar-refractivity contribution in [1.29, 1.82) is 0 Å². The Morgan fingerprint density at radius 2 is 2.10 bits per heavy atom. The normalized spacial score (nSPS) is 17.4. The maximum atomic E-state index is 5.84. The quantitative estimate of drug-likeness (QED) is 0.335. The summed E-state index contributed by atoms with van der Waals surface area (Å²) in [4.78, 5) is 6.67. The molecule has 0 aliphatic carbocycles. The fourth-order valence-electron chi connectivity index (χ4n) is 2.01. The summed E-state index contributed by atoms with van der Waals surface area (Å²) in [6, 6.07) is 3.28. The molecule has 0 amide bonds. The lowest BCUT2D eigenvalue weighted by molar-refractivity contribution is 0.147. The molecule has 0 saturated heterocycles. The molecule has 0 spiro atoms. The van der Waals surface area contributed by atoms with E-state index in [-0.39, 0.29) is 3.23 Å². The van der Waals surface area contributed by atoms with Crippen LogP contribution in [0.5, 0.6) is 0 Å². The van der Waals surface area contributed by atoms with E-state index in [4.69, 9.17) is 4.74 Å². The van der Waals surface area contributed by atoms with Gasteiger partial charge in [0.15, 0.2) is 0 Å². The zero-order valence-corrected chi connectivity index (χ0v) is 17.7. The zero-order chi connectivity index (χ0) is 15.0. The summed E-state index contributed by atoms with van der Waals surface area (Å²) in [6.07, 6.45) is 1.83. The Labute approximate surface area is 146 Å². The molecule has 0 saturated carbocycles. The number of alkyl halides is 2. The number of fused-ring (bicyclic) bond motifs is 1. The van der Waals surface area contributed by atoms with Crippen LogP contribution in [0.4, 0.5) is 5.82 Å². The molecule has 2 rings (SSSR count). The minimum atomic E-state index is -1.03. The van der Waals surface area contributed by atoms with Crippen molar-refractivity contribution >= 4 is 61.7 Å². The van der Waals surface area contributed by atoms with Crippen LogP contribution < -0.4 is 4.90 Å². The standard InChI is InChI=1S/C13H19Br3N2OSi/c1-20(2,3)5-4-19-9-18-8-13(15,16)11-6-10(14)7-17-12(11)18/h6-7H,4-5,8-9H2,1-3H3. The first kappa shape index (κ1) is 16.9. The Balaban J connectivity index is 1.99. The van der Waals surface area contributed by atoms with Crippen molar-refractivity contribution in [3.05, 3.63) is 22.3 Å². The van der Waals surface area contributed by atoms with Gasteiger partial charge in [-0.15, -0.1) is 0 Å². The molecule has 0 fully saturated rings. The molecule has 1 aliphatic rings. The van der Waals surface area contributed by atoms with Gasteiger partial charge in [0.05, 0.1) is 6.54 Å². The summed E-state index contributed by atoms with van der Waals surface area (Å²) in [6.45, 7) is 9.31. The highest BCUT2D eigenvalue weighted by atomic mass is 79.9. The molecule has 3 nitrogen and oxygen atoms in total. The first-order valence-corrected chi connectivity index (χ1v) is 12.6. The summed E-state index contributed by atoms with van der Waals surface area (Å²) in [7, 11) is -1.03. The van der Waals surface area contributed by atoms with Crippen LogP contribution in [0.1, 0.15) is 5.56 Å². The molecule has 0 radical (unpaired) electrons. The van der Waals surface area contributed by atoms with Crippen LogP contribution in [-0.4, -0.2) is 32.9 Å². The summed E-state index contributed by atoms with van der Waals surface area (Å²) in [5.41, 5.74) is 1.14. The number of nitrogens with zero attached hydrogens (tertiary/aromatic N) is 2. The van der Waals surface area contributed by atoms with E-state index in [9.17, 15) is 0 Å². The van der Waals surface area contributed by atoms with Crippen molar-refractivity contribution in [2.24, 2.45) is 0 Å². The highest BCUT2D eigenvalue weighted by Crippen LogP contribution is 2.49. The second-order valence-electron chi connectivity index (χ2n) is 6.28. The van der Waals surface area contributed by atoms with E-state index in [0.717, 1.165) is 29.0 Å². The summed E-state index contributed by atoms with van der Waals surface area (Å²) < 4.78 is 6.59. The van der Waals surface area contributed by atoms with Crippen LogP contribution >= 0.6 is 47.8 Å². The molecular weight excluding hydrogens is 468 g/mol. The van der Waals surface area contributed by atoms with Gasteiger partial charge in [-0.2, -0.15) is 0 Å². The number of hydrogen-bond acceptors (Lipinski definition) is 3. The van der Waals surface area contributed by atoms with Gasteiger partial charge in [0.2, 0.25) is 0 Å². The Kier molecular flexibility index (Phi) is 5.38. The monoisotopic (exact) mass is 484 g/mol. The SMILES string of the molecule is C[Si](C)(C)CCOCN1CC(Br)(Br)c2cc(Br)cnc21. The van der Waals surface area contributed by atoms with E-state index < -0.39 is 8.07 Å². The minimum absolute atomic E-state index is 0.242. The minimum Gasteiger partial charge on any atom is -0.361 e. The lowest BCUT2D eigenvalue weighted by Gasteiger charge is -2.21. The number of pyridine rings is 1. The number of anilines is 1. The smallest absolute Gasteiger partial charge is 0.136 e. The van der Waals surface area contributed by atoms with E-state index in [1.807, 2.05) is 6.20 Å². The van der Waals surface area contributed by atoms with Crippen molar-refractivity contribution in [3.63, 3.8) is 0 Å². The van der Waals surface area contributed by atoms with Crippen molar-refractivity contribution < 1.29 is 4.74 Å². The average molecular weight is 487 g/mol. The number of halogens is 3. The zero-order valence-electron chi connectivity index (χ0n) is 11.9. The summed E-state index contributed by atoms with van der Waals surface area (Å²) >= 11 is 10.9. The van der Waals surface area contributed by atoms with E-state index in [1.54, 1.807) is 0 Å². The lowest BCUT2D eigenvalue weighted by Crippen LogP contribution is -2.29. The van der Waals surface area contributed by atoms with E-state index in [0.29, 0.717) is 6.73 Å². The van der Waals surface area contributed by atoms with Crippen LogP contribution in [0.25, 0.3) is 0 Å². The van der Waals surface area contributed by atoms with Gasteiger partial charge in [-0.3, -0.25) is 0 Å². The lowest BCUT2D eigenvalue weighted by atomic mass is 10.2. The third kappa shape index (κ3) is 4.29. The molecule has 1 aliphatic heterocycles. The van der Waals surface area contributed by atoms with Crippen LogP contribution in [-0.2, 0) is 7.97 Å². The molecular formula is C13H19Br3N2OSi. The highest BCUT2D eigenvalue weighted by Gasteiger charge is 2.39. The number of hydrogen-bond donors (Lipinski definition) is 0. The van der Waals surface area contributed by atoms with E-state index >= 15 is 0 Å². The largest absolute Gasteiger partial charge is 0.361 e. The van der Waals surface area contributed by atoms with Crippen molar-refractivity contribution in [2.45, 2.75) is 28.9 Å². The second kappa shape index (κ2) is 6.36. The van der Waals surface area contributed by atoms with Gasteiger partial charge >= 0.3 is 0 Å². The predicted octanol–water partition coefficient (Wildman–Crippen LogP) is 4.92. The molecule has 1 aromatic rings. The topological polar surface area (TPSA) is 25.4 Å². The molecule has 0 unspecified atom stereocenters.